The predicted molar refractivity (Wildman–Crippen MR) is 140 cm³/mol. The lowest BCUT2D eigenvalue weighted by atomic mass is 10.1. The molecule has 12 nitrogen and oxygen atoms in total. The van der Waals surface area contributed by atoms with E-state index in [0.29, 0.717) is 0 Å². The topological polar surface area (TPSA) is 195 Å². The molecule has 0 bridgehead atoms. The van der Waals surface area contributed by atoms with Gasteiger partial charge in [-0.3, -0.25) is 13.9 Å². The van der Waals surface area contributed by atoms with Crippen LogP contribution in [0.5, 0.6) is 5.75 Å². The van der Waals surface area contributed by atoms with Crippen molar-refractivity contribution in [2.45, 2.75) is 16.7 Å². The molecule has 4 aromatic carbocycles. The average molecular weight is 557 g/mol. The molecule has 0 saturated carbocycles. The number of para-hydroxylation sites is 1. The molecule has 4 aromatic rings. The number of amides is 1. The van der Waals surface area contributed by atoms with Crippen molar-refractivity contribution in [3.05, 3.63) is 72.8 Å². The Kier molecular flexibility index (Phi) is 7.15. The molecule has 38 heavy (non-hydrogen) atoms. The summed E-state index contributed by atoms with van der Waals surface area (Å²) in [5.74, 6) is -1.46. The standard InChI is InChI=1S/C24H20N4O8S2/c1-14(29)25-20-13-19(37(31,32)33)11-15-12-21(38(34,35)36)23(24(30)22(15)20)28-27-18-9-7-17(8-10-18)26-16-5-3-2-4-6-16/h2-13,26,30H,1H3,(H,25,29)(H,31,32,33)(H,34,35,36). The molecule has 14 heteroatoms. The Morgan fingerprint density at radius 3 is 2.03 bits per heavy atom. The van der Waals surface area contributed by atoms with Gasteiger partial charge in [0.25, 0.3) is 20.2 Å². The number of hydrogen-bond donors (Lipinski definition) is 5. The van der Waals surface area contributed by atoms with Gasteiger partial charge in [0.1, 0.15) is 10.6 Å². The van der Waals surface area contributed by atoms with Crippen molar-refractivity contribution in [3.63, 3.8) is 0 Å². The van der Waals surface area contributed by atoms with Gasteiger partial charge >= 0.3 is 0 Å². The Labute approximate surface area is 217 Å². The molecule has 0 heterocycles. The number of phenols is 1. The first kappa shape index (κ1) is 26.7. The van der Waals surface area contributed by atoms with Crippen LogP contribution < -0.4 is 10.6 Å². The van der Waals surface area contributed by atoms with E-state index in [1.165, 1.54) is 0 Å². The first-order chi connectivity index (χ1) is 17.8. The fraction of sp³-hybridized carbons (Fsp3) is 0.0417. The molecule has 0 spiro atoms. The fourth-order valence-corrected chi connectivity index (χ4v) is 4.80. The van der Waals surface area contributed by atoms with Crippen LogP contribution in [0.2, 0.25) is 0 Å². The summed E-state index contributed by atoms with van der Waals surface area (Å²) in [6, 6.07) is 18.5. The Bertz CT molecular complexity index is 1790. The highest BCUT2D eigenvalue weighted by molar-refractivity contribution is 7.86. The molecule has 1 amide bonds. The van der Waals surface area contributed by atoms with Crippen molar-refractivity contribution < 1.29 is 35.8 Å². The summed E-state index contributed by atoms with van der Waals surface area (Å²) in [5, 5.41) is 23.8. The number of aromatic hydroxyl groups is 1. The van der Waals surface area contributed by atoms with E-state index in [-0.39, 0.29) is 22.1 Å². The highest BCUT2D eigenvalue weighted by Crippen LogP contribution is 2.45. The second-order valence-electron chi connectivity index (χ2n) is 8.01. The quantitative estimate of drug-likeness (QED) is 0.151. The van der Waals surface area contributed by atoms with Crippen LogP contribution in [0, 0.1) is 0 Å². The number of hydrogen-bond acceptors (Lipinski definition) is 9. The minimum Gasteiger partial charge on any atom is -0.505 e. The zero-order valence-electron chi connectivity index (χ0n) is 19.5. The number of nitrogens with zero attached hydrogens (tertiary/aromatic N) is 2. The maximum absolute atomic E-state index is 12.1. The van der Waals surface area contributed by atoms with Crippen molar-refractivity contribution in [3.8, 4) is 5.75 Å². The van der Waals surface area contributed by atoms with Gasteiger partial charge in [-0.2, -0.15) is 21.9 Å². The Morgan fingerprint density at radius 2 is 1.45 bits per heavy atom. The van der Waals surface area contributed by atoms with Crippen LogP contribution in [0.3, 0.4) is 0 Å². The van der Waals surface area contributed by atoms with Crippen LogP contribution in [-0.4, -0.2) is 37.0 Å². The number of phenolic OH excluding ortho intramolecular Hbond substituents is 1. The summed E-state index contributed by atoms with van der Waals surface area (Å²) < 4.78 is 66.9. The van der Waals surface area contributed by atoms with Gasteiger partial charge in [0.05, 0.1) is 16.3 Å². The summed E-state index contributed by atoms with van der Waals surface area (Å²) >= 11 is 0. The Morgan fingerprint density at radius 1 is 0.816 bits per heavy atom. The summed E-state index contributed by atoms with van der Waals surface area (Å²) in [5.41, 5.74) is 0.950. The molecule has 0 atom stereocenters. The van der Waals surface area contributed by atoms with E-state index in [9.17, 15) is 35.8 Å². The van der Waals surface area contributed by atoms with Crippen LogP contribution in [-0.2, 0) is 25.0 Å². The predicted octanol–water partition coefficient (Wildman–Crippen LogP) is 5.16. The van der Waals surface area contributed by atoms with Crippen LogP contribution in [0.25, 0.3) is 10.8 Å². The number of fused-ring (bicyclic) bond motifs is 1. The molecule has 0 radical (unpaired) electrons. The largest absolute Gasteiger partial charge is 0.505 e. The van der Waals surface area contributed by atoms with Crippen molar-refractivity contribution >= 4 is 65.4 Å². The van der Waals surface area contributed by atoms with Gasteiger partial charge < -0.3 is 15.7 Å². The van der Waals surface area contributed by atoms with E-state index >= 15 is 0 Å². The van der Waals surface area contributed by atoms with Crippen LogP contribution in [0.1, 0.15) is 6.92 Å². The normalized spacial score (nSPS) is 12.1. The van der Waals surface area contributed by atoms with Gasteiger partial charge in [-0.1, -0.05) is 18.2 Å². The molecule has 0 unspecified atom stereocenters. The third-order valence-electron chi connectivity index (χ3n) is 5.21. The number of rotatable bonds is 7. The Hall–Kier alpha value is -4.37. The van der Waals surface area contributed by atoms with E-state index in [1.54, 1.807) is 24.3 Å². The van der Waals surface area contributed by atoms with Gasteiger partial charge in [-0.05, 0) is 60.0 Å². The maximum Gasteiger partial charge on any atom is 0.296 e. The minimum absolute atomic E-state index is 0.198. The second kappa shape index (κ2) is 10.2. The van der Waals surface area contributed by atoms with E-state index < -0.39 is 47.4 Å². The highest BCUT2D eigenvalue weighted by atomic mass is 32.2. The van der Waals surface area contributed by atoms with E-state index in [1.807, 2.05) is 30.3 Å². The van der Waals surface area contributed by atoms with Gasteiger partial charge in [0.2, 0.25) is 5.91 Å². The number of nitrogens with one attached hydrogen (secondary N) is 2. The molecule has 0 aliphatic heterocycles. The maximum atomic E-state index is 12.1. The third-order valence-corrected chi connectivity index (χ3v) is 6.90. The van der Waals surface area contributed by atoms with Crippen LogP contribution in [0.4, 0.5) is 28.4 Å². The molecule has 0 saturated heterocycles. The SMILES string of the molecule is CC(=O)Nc1cc(S(=O)(=O)O)cc2cc(S(=O)(=O)O)c(N=Nc3ccc(Nc4ccccc4)cc3)c(O)c12. The molecule has 196 valence electrons. The molecule has 0 aliphatic carbocycles. The lowest BCUT2D eigenvalue weighted by Gasteiger charge is -2.14. The lowest BCUT2D eigenvalue weighted by molar-refractivity contribution is -0.114. The molecule has 0 aliphatic rings. The van der Waals surface area contributed by atoms with Crippen molar-refractivity contribution in [1.29, 1.82) is 0 Å². The smallest absolute Gasteiger partial charge is 0.296 e. The van der Waals surface area contributed by atoms with Crippen LogP contribution in [0.15, 0.2) is 92.8 Å². The third kappa shape index (κ3) is 5.95. The number of azo groups is 1. The van der Waals surface area contributed by atoms with E-state index in [0.717, 1.165) is 36.5 Å². The minimum atomic E-state index is -5.00. The molecule has 5 N–H and O–H groups in total. The van der Waals surface area contributed by atoms with Crippen molar-refractivity contribution in [2.24, 2.45) is 10.2 Å². The summed E-state index contributed by atoms with van der Waals surface area (Å²) in [4.78, 5) is 10.1. The monoisotopic (exact) mass is 556 g/mol. The number of carbonyl (C=O) groups is 1. The zero-order chi connectivity index (χ0) is 27.7. The van der Waals surface area contributed by atoms with Crippen LogP contribution >= 0.6 is 0 Å². The molecular formula is C24H20N4O8S2. The average Bonchev–Trinajstić information content (AvgIpc) is 2.83. The van der Waals surface area contributed by atoms with Gasteiger partial charge in [0, 0.05) is 23.7 Å². The van der Waals surface area contributed by atoms with E-state index in [4.69, 9.17) is 0 Å². The lowest BCUT2D eigenvalue weighted by Crippen LogP contribution is -2.08. The first-order valence-electron chi connectivity index (χ1n) is 10.7. The van der Waals surface area contributed by atoms with Gasteiger partial charge in [-0.25, -0.2) is 0 Å². The molecule has 0 fully saturated rings. The number of benzene rings is 4. The van der Waals surface area contributed by atoms with Crippen molar-refractivity contribution in [1.82, 2.24) is 0 Å². The van der Waals surface area contributed by atoms with E-state index in [2.05, 4.69) is 20.9 Å². The number of carbonyl (C=O) groups excluding carboxylic acids is 1. The summed E-state index contributed by atoms with van der Waals surface area (Å²) in [6.45, 7) is 1.12. The number of anilines is 3. The molecule has 4 rings (SSSR count). The summed E-state index contributed by atoms with van der Waals surface area (Å²) in [6.07, 6.45) is 0. The highest BCUT2D eigenvalue weighted by Gasteiger charge is 2.25. The Balaban J connectivity index is 1.83. The summed E-state index contributed by atoms with van der Waals surface area (Å²) in [7, 11) is -9.79. The second-order valence-corrected chi connectivity index (χ2v) is 10.8. The van der Waals surface area contributed by atoms with Gasteiger partial charge in [0.15, 0.2) is 5.75 Å². The fourth-order valence-electron chi connectivity index (χ4n) is 3.60. The molecule has 0 aromatic heterocycles. The molecular weight excluding hydrogens is 536 g/mol. The zero-order valence-corrected chi connectivity index (χ0v) is 21.2. The van der Waals surface area contributed by atoms with Gasteiger partial charge in [-0.15, -0.1) is 5.11 Å². The first-order valence-corrected chi connectivity index (χ1v) is 13.6. The van der Waals surface area contributed by atoms with Crippen molar-refractivity contribution in [2.75, 3.05) is 10.6 Å².